The highest BCUT2D eigenvalue weighted by atomic mass is 127. The van der Waals surface area contributed by atoms with E-state index < -0.39 is 11.7 Å². The molecular weight excluding hydrogens is 458 g/mol. The smallest absolute Gasteiger partial charge is 0.325 e. The number of carbonyl (C=O) groups is 1. The van der Waals surface area contributed by atoms with E-state index in [0.29, 0.717) is 5.69 Å². The quantitative estimate of drug-likeness (QED) is 0.511. The fourth-order valence-electron chi connectivity index (χ4n) is 2.52. The van der Waals surface area contributed by atoms with Gasteiger partial charge in [0.15, 0.2) is 0 Å². The molecule has 0 saturated heterocycles. The average Bonchev–Trinajstić information content (AvgIpc) is 2.88. The molecule has 26 heavy (non-hydrogen) atoms. The lowest BCUT2D eigenvalue weighted by Crippen LogP contribution is -2.18. The molecule has 0 aliphatic rings. The molecule has 0 atom stereocenters. The van der Waals surface area contributed by atoms with Crippen molar-refractivity contribution < 1.29 is 18.0 Å². The van der Waals surface area contributed by atoms with E-state index in [-0.39, 0.29) is 34.8 Å². The molecule has 1 aromatic carbocycles. The second-order valence-electron chi connectivity index (χ2n) is 5.60. The van der Waals surface area contributed by atoms with Gasteiger partial charge in [0.05, 0.1) is 31.8 Å². The summed E-state index contributed by atoms with van der Waals surface area (Å²) in [5.74, 6) is 5.00. The number of aryl methyl sites for hydroxylation is 1. The molecule has 0 bridgehead atoms. The van der Waals surface area contributed by atoms with Gasteiger partial charge in [-0.25, -0.2) is 4.68 Å². The van der Waals surface area contributed by atoms with Crippen LogP contribution in [0.2, 0.25) is 0 Å². The first-order valence-corrected chi connectivity index (χ1v) is 8.87. The Kier molecular flexibility index (Phi) is 6.01. The number of halogens is 4. The minimum absolute atomic E-state index is 0.0427. The maximum Gasteiger partial charge on any atom is 0.418 e. The number of carbonyl (C=O) groups excluding carboxylic acids is 1. The van der Waals surface area contributed by atoms with Crippen LogP contribution in [0.5, 0.6) is 0 Å². The molecule has 2 aromatic rings. The van der Waals surface area contributed by atoms with Crippen molar-refractivity contribution in [1.82, 2.24) is 9.78 Å². The standard InChI is InChI=1S/C18H17F3IN3O/c1-5-7-12-10(3)17(18(19,20)21)15(8-14(12)23-16(26)6-2)25-9-13(22)11(4)24-25/h8-9H,6H2,1-4H3,(H,23,26). The van der Waals surface area contributed by atoms with Crippen LogP contribution in [0.25, 0.3) is 5.69 Å². The third kappa shape index (κ3) is 4.03. The summed E-state index contributed by atoms with van der Waals surface area (Å²) >= 11 is 2.01. The summed E-state index contributed by atoms with van der Waals surface area (Å²) in [5, 5.41) is 6.82. The first kappa shape index (κ1) is 20.3. The lowest BCUT2D eigenvalue weighted by molar-refractivity contribution is -0.138. The largest absolute Gasteiger partial charge is 0.418 e. The molecule has 0 saturated carbocycles. The van der Waals surface area contributed by atoms with Gasteiger partial charge in [-0.05, 0) is 55.0 Å². The van der Waals surface area contributed by atoms with Gasteiger partial charge in [0.2, 0.25) is 5.91 Å². The van der Waals surface area contributed by atoms with E-state index in [2.05, 4.69) is 22.3 Å². The van der Waals surface area contributed by atoms with E-state index in [9.17, 15) is 18.0 Å². The lowest BCUT2D eigenvalue weighted by Gasteiger charge is -2.20. The predicted molar refractivity (Wildman–Crippen MR) is 102 cm³/mol. The van der Waals surface area contributed by atoms with Gasteiger partial charge >= 0.3 is 6.18 Å². The molecule has 138 valence electrons. The fourth-order valence-corrected chi connectivity index (χ4v) is 2.90. The minimum Gasteiger partial charge on any atom is -0.325 e. The van der Waals surface area contributed by atoms with Crippen LogP contribution >= 0.6 is 22.6 Å². The summed E-state index contributed by atoms with van der Waals surface area (Å²) in [6.07, 6.45) is -2.87. The van der Waals surface area contributed by atoms with E-state index in [0.717, 1.165) is 3.57 Å². The number of alkyl halides is 3. The van der Waals surface area contributed by atoms with E-state index >= 15 is 0 Å². The molecule has 0 radical (unpaired) electrons. The second-order valence-corrected chi connectivity index (χ2v) is 6.76. The van der Waals surface area contributed by atoms with Gasteiger partial charge in [0.25, 0.3) is 0 Å². The molecule has 0 unspecified atom stereocenters. The Morgan fingerprint density at radius 2 is 2.04 bits per heavy atom. The Bertz CT molecular complexity index is 901. The first-order chi connectivity index (χ1) is 12.1. The van der Waals surface area contributed by atoms with Gasteiger partial charge in [0.1, 0.15) is 0 Å². The molecule has 0 fully saturated rings. The number of aromatic nitrogens is 2. The fraction of sp³-hybridized carbons (Fsp3) is 0.333. The Morgan fingerprint density at radius 1 is 1.38 bits per heavy atom. The predicted octanol–water partition coefficient (Wildman–Crippen LogP) is 4.83. The number of anilines is 1. The van der Waals surface area contributed by atoms with Gasteiger partial charge < -0.3 is 5.32 Å². The summed E-state index contributed by atoms with van der Waals surface area (Å²) in [6.45, 7) is 6.27. The maximum atomic E-state index is 13.8. The summed E-state index contributed by atoms with van der Waals surface area (Å²) in [5.41, 5.74) is 0.0170. The molecule has 1 aromatic heterocycles. The highest BCUT2D eigenvalue weighted by Gasteiger charge is 2.38. The van der Waals surface area contributed by atoms with Crippen LogP contribution < -0.4 is 5.32 Å². The zero-order chi connectivity index (χ0) is 19.6. The van der Waals surface area contributed by atoms with Crippen LogP contribution in [0.3, 0.4) is 0 Å². The van der Waals surface area contributed by atoms with Crippen molar-refractivity contribution in [3.05, 3.63) is 38.2 Å². The maximum absolute atomic E-state index is 13.8. The van der Waals surface area contributed by atoms with Crippen molar-refractivity contribution in [3.63, 3.8) is 0 Å². The summed E-state index contributed by atoms with van der Waals surface area (Å²) in [4.78, 5) is 11.8. The van der Waals surface area contributed by atoms with Crippen molar-refractivity contribution in [3.8, 4) is 17.5 Å². The average molecular weight is 475 g/mol. The summed E-state index contributed by atoms with van der Waals surface area (Å²) in [6, 6.07) is 1.28. The van der Waals surface area contributed by atoms with Crippen molar-refractivity contribution in [2.45, 2.75) is 40.3 Å². The van der Waals surface area contributed by atoms with Crippen molar-refractivity contribution in [1.29, 1.82) is 0 Å². The minimum atomic E-state index is -4.60. The highest BCUT2D eigenvalue weighted by molar-refractivity contribution is 14.1. The normalized spacial score (nSPS) is 11.1. The molecule has 2 rings (SSSR count). The summed E-state index contributed by atoms with van der Waals surface area (Å²) < 4.78 is 43.3. The van der Waals surface area contributed by atoms with Crippen LogP contribution in [0.15, 0.2) is 12.3 Å². The monoisotopic (exact) mass is 475 g/mol. The number of rotatable bonds is 3. The second kappa shape index (κ2) is 7.70. The number of hydrogen-bond acceptors (Lipinski definition) is 2. The van der Waals surface area contributed by atoms with Crippen LogP contribution in [0.1, 0.15) is 42.7 Å². The van der Waals surface area contributed by atoms with E-state index in [1.807, 2.05) is 22.6 Å². The number of nitrogens with one attached hydrogen (secondary N) is 1. The van der Waals surface area contributed by atoms with Gasteiger partial charge in [-0.2, -0.15) is 18.3 Å². The first-order valence-electron chi connectivity index (χ1n) is 7.79. The molecule has 1 heterocycles. The molecule has 0 aliphatic carbocycles. The number of benzene rings is 1. The van der Waals surface area contributed by atoms with Crippen LogP contribution in [-0.2, 0) is 11.0 Å². The van der Waals surface area contributed by atoms with Gasteiger partial charge in [-0.3, -0.25) is 4.79 Å². The molecule has 1 amide bonds. The van der Waals surface area contributed by atoms with Crippen molar-refractivity contribution in [2.24, 2.45) is 0 Å². The molecule has 1 N–H and O–H groups in total. The van der Waals surface area contributed by atoms with E-state index in [1.165, 1.54) is 30.8 Å². The molecule has 0 spiro atoms. The number of amides is 1. The number of nitrogens with zero attached hydrogens (tertiary/aromatic N) is 2. The Morgan fingerprint density at radius 3 is 2.50 bits per heavy atom. The van der Waals surface area contributed by atoms with Crippen molar-refractivity contribution in [2.75, 3.05) is 5.32 Å². The summed E-state index contributed by atoms with van der Waals surface area (Å²) in [7, 11) is 0. The van der Waals surface area contributed by atoms with Gasteiger partial charge in [-0.1, -0.05) is 12.8 Å². The Labute approximate surface area is 163 Å². The zero-order valence-electron chi connectivity index (χ0n) is 14.7. The third-order valence-corrected chi connectivity index (χ3v) is 4.83. The lowest BCUT2D eigenvalue weighted by atomic mass is 9.97. The zero-order valence-corrected chi connectivity index (χ0v) is 16.8. The van der Waals surface area contributed by atoms with Crippen LogP contribution in [0.4, 0.5) is 18.9 Å². The van der Waals surface area contributed by atoms with Gasteiger partial charge in [-0.15, -0.1) is 5.92 Å². The SMILES string of the molecule is CC#Cc1c(NC(=O)CC)cc(-n2cc(I)c(C)n2)c(C(F)(F)F)c1C. The molecular formula is C18H17F3IN3O. The Balaban J connectivity index is 2.87. The van der Waals surface area contributed by atoms with E-state index in [4.69, 9.17) is 0 Å². The van der Waals surface area contributed by atoms with Crippen LogP contribution in [0, 0.1) is 29.3 Å². The topological polar surface area (TPSA) is 46.9 Å². The van der Waals surface area contributed by atoms with Crippen molar-refractivity contribution >= 4 is 34.2 Å². The molecule has 4 nitrogen and oxygen atoms in total. The number of hydrogen-bond donors (Lipinski definition) is 1. The third-order valence-electron chi connectivity index (χ3n) is 3.77. The van der Waals surface area contributed by atoms with Crippen LogP contribution in [-0.4, -0.2) is 15.7 Å². The van der Waals surface area contributed by atoms with Gasteiger partial charge in [0, 0.05) is 12.6 Å². The highest BCUT2D eigenvalue weighted by Crippen LogP contribution is 2.40. The Hall–Kier alpha value is -2.02. The molecule has 8 heteroatoms. The van der Waals surface area contributed by atoms with E-state index in [1.54, 1.807) is 13.8 Å². The molecule has 0 aliphatic heterocycles.